The standard InChI is InChI=1S/C17H29NO/c1-6-18-17(9-10-19-13(2)3)12-16-8-7-14(4)15(5)11-16/h7-8,11,13,17-18H,6,9-10,12H2,1-5H3. The van der Waals surface area contributed by atoms with Crippen LogP contribution in [0.3, 0.4) is 0 Å². The highest BCUT2D eigenvalue weighted by atomic mass is 16.5. The van der Waals surface area contributed by atoms with Gasteiger partial charge in [-0.3, -0.25) is 0 Å². The monoisotopic (exact) mass is 263 g/mol. The third kappa shape index (κ3) is 6.22. The Bertz CT molecular complexity index is 374. The molecule has 0 saturated heterocycles. The van der Waals surface area contributed by atoms with E-state index in [2.05, 4.69) is 58.1 Å². The van der Waals surface area contributed by atoms with Gasteiger partial charge in [-0.25, -0.2) is 0 Å². The van der Waals surface area contributed by atoms with Crippen LogP contribution in [0.2, 0.25) is 0 Å². The lowest BCUT2D eigenvalue weighted by atomic mass is 9.99. The SMILES string of the molecule is CCNC(CCOC(C)C)Cc1ccc(C)c(C)c1. The fourth-order valence-corrected chi connectivity index (χ4v) is 2.23. The fourth-order valence-electron chi connectivity index (χ4n) is 2.23. The van der Waals surface area contributed by atoms with E-state index < -0.39 is 0 Å². The summed E-state index contributed by atoms with van der Waals surface area (Å²) in [7, 11) is 0. The predicted molar refractivity (Wildman–Crippen MR) is 82.8 cm³/mol. The minimum absolute atomic E-state index is 0.323. The van der Waals surface area contributed by atoms with Gasteiger partial charge >= 0.3 is 0 Å². The summed E-state index contributed by atoms with van der Waals surface area (Å²) in [6, 6.07) is 7.28. The molecule has 0 fully saturated rings. The summed E-state index contributed by atoms with van der Waals surface area (Å²) in [5.41, 5.74) is 4.16. The van der Waals surface area contributed by atoms with Gasteiger partial charge in [-0.2, -0.15) is 0 Å². The molecule has 1 atom stereocenters. The van der Waals surface area contributed by atoms with Crippen molar-refractivity contribution < 1.29 is 4.74 Å². The molecular formula is C17H29NO. The van der Waals surface area contributed by atoms with Crippen molar-refractivity contribution in [1.29, 1.82) is 0 Å². The van der Waals surface area contributed by atoms with E-state index in [0.717, 1.165) is 26.0 Å². The average molecular weight is 263 g/mol. The number of rotatable bonds is 8. The molecule has 1 aromatic carbocycles. The Balaban J connectivity index is 2.54. The van der Waals surface area contributed by atoms with E-state index in [1.54, 1.807) is 0 Å². The minimum atomic E-state index is 0.323. The topological polar surface area (TPSA) is 21.3 Å². The van der Waals surface area contributed by atoms with Crippen LogP contribution >= 0.6 is 0 Å². The van der Waals surface area contributed by atoms with Crippen LogP contribution in [0.25, 0.3) is 0 Å². The van der Waals surface area contributed by atoms with Crippen molar-refractivity contribution in [1.82, 2.24) is 5.32 Å². The molecule has 0 aliphatic carbocycles. The molecule has 2 heteroatoms. The first kappa shape index (κ1) is 16.2. The molecule has 0 saturated carbocycles. The number of ether oxygens (including phenoxy) is 1. The van der Waals surface area contributed by atoms with Gasteiger partial charge in [0.2, 0.25) is 0 Å². The van der Waals surface area contributed by atoms with Crippen LogP contribution in [0.1, 0.15) is 43.9 Å². The Labute approximate surface area is 118 Å². The van der Waals surface area contributed by atoms with Crippen LogP contribution < -0.4 is 5.32 Å². The molecule has 1 N–H and O–H groups in total. The number of hydrogen-bond donors (Lipinski definition) is 1. The molecule has 0 aromatic heterocycles. The predicted octanol–water partition coefficient (Wildman–Crippen LogP) is 3.64. The van der Waals surface area contributed by atoms with E-state index >= 15 is 0 Å². The summed E-state index contributed by atoms with van der Waals surface area (Å²) in [6.45, 7) is 12.5. The van der Waals surface area contributed by atoms with E-state index in [-0.39, 0.29) is 0 Å². The molecule has 0 bridgehead atoms. The molecule has 0 radical (unpaired) electrons. The first-order valence-electron chi connectivity index (χ1n) is 7.44. The minimum Gasteiger partial charge on any atom is -0.379 e. The maximum absolute atomic E-state index is 5.66. The van der Waals surface area contributed by atoms with Gasteiger partial charge in [0, 0.05) is 12.6 Å². The molecule has 0 heterocycles. The molecule has 0 aliphatic rings. The number of benzene rings is 1. The lowest BCUT2D eigenvalue weighted by Gasteiger charge is -2.19. The van der Waals surface area contributed by atoms with Gasteiger partial charge in [-0.05, 0) is 63.8 Å². The molecule has 2 nitrogen and oxygen atoms in total. The third-order valence-electron chi connectivity index (χ3n) is 3.46. The second kappa shape index (κ2) is 8.34. The van der Waals surface area contributed by atoms with Crippen molar-refractivity contribution in [2.75, 3.05) is 13.2 Å². The smallest absolute Gasteiger partial charge is 0.0518 e. The van der Waals surface area contributed by atoms with Gasteiger partial charge in [0.25, 0.3) is 0 Å². The summed E-state index contributed by atoms with van der Waals surface area (Å²) < 4.78 is 5.66. The third-order valence-corrected chi connectivity index (χ3v) is 3.46. The van der Waals surface area contributed by atoms with E-state index in [0.29, 0.717) is 12.1 Å². The van der Waals surface area contributed by atoms with Gasteiger partial charge in [-0.1, -0.05) is 25.1 Å². The Morgan fingerprint density at radius 3 is 2.47 bits per heavy atom. The molecule has 0 aliphatic heterocycles. The summed E-state index contributed by atoms with van der Waals surface area (Å²) in [4.78, 5) is 0. The highest BCUT2D eigenvalue weighted by Crippen LogP contribution is 2.13. The quantitative estimate of drug-likeness (QED) is 0.773. The maximum Gasteiger partial charge on any atom is 0.0518 e. The van der Waals surface area contributed by atoms with Gasteiger partial charge in [-0.15, -0.1) is 0 Å². The Morgan fingerprint density at radius 2 is 1.89 bits per heavy atom. The number of likely N-dealkylation sites (N-methyl/N-ethyl adjacent to an activating group) is 1. The lowest BCUT2D eigenvalue weighted by Crippen LogP contribution is -2.32. The van der Waals surface area contributed by atoms with Gasteiger partial charge in [0.05, 0.1) is 6.10 Å². The van der Waals surface area contributed by atoms with Crippen LogP contribution in [0.5, 0.6) is 0 Å². The summed E-state index contributed by atoms with van der Waals surface area (Å²) in [5, 5.41) is 3.56. The Kier molecular flexibility index (Phi) is 7.11. The van der Waals surface area contributed by atoms with E-state index in [1.165, 1.54) is 16.7 Å². The second-order valence-electron chi connectivity index (χ2n) is 5.59. The molecular weight excluding hydrogens is 234 g/mol. The van der Waals surface area contributed by atoms with Crippen LogP contribution in [-0.2, 0) is 11.2 Å². The zero-order chi connectivity index (χ0) is 14.3. The lowest BCUT2D eigenvalue weighted by molar-refractivity contribution is 0.0716. The van der Waals surface area contributed by atoms with Crippen molar-refractivity contribution in [3.05, 3.63) is 34.9 Å². The first-order valence-corrected chi connectivity index (χ1v) is 7.44. The highest BCUT2D eigenvalue weighted by molar-refractivity contribution is 5.30. The maximum atomic E-state index is 5.66. The van der Waals surface area contributed by atoms with Crippen LogP contribution in [-0.4, -0.2) is 25.3 Å². The molecule has 1 rings (SSSR count). The van der Waals surface area contributed by atoms with Crippen molar-refractivity contribution >= 4 is 0 Å². The molecule has 1 unspecified atom stereocenters. The van der Waals surface area contributed by atoms with E-state index in [4.69, 9.17) is 4.74 Å². The molecule has 0 amide bonds. The summed E-state index contributed by atoms with van der Waals surface area (Å²) in [6.07, 6.45) is 2.47. The second-order valence-corrected chi connectivity index (χ2v) is 5.59. The zero-order valence-electron chi connectivity index (χ0n) is 13.1. The molecule has 19 heavy (non-hydrogen) atoms. The Hall–Kier alpha value is -0.860. The largest absolute Gasteiger partial charge is 0.379 e. The first-order chi connectivity index (χ1) is 9.02. The highest BCUT2D eigenvalue weighted by Gasteiger charge is 2.09. The van der Waals surface area contributed by atoms with Crippen molar-refractivity contribution in [2.24, 2.45) is 0 Å². The summed E-state index contributed by atoms with van der Waals surface area (Å²) >= 11 is 0. The van der Waals surface area contributed by atoms with Crippen molar-refractivity contribution in [3.63, 3.8) is 0 Å². The van der Waals surface area contributed by atoms with Crippen molar-refractivity contribution in [2.45, 2.75) is 59.6 Å². The van der Waals surface area contributed by atoms with Gasteiger partial charge < -0.3 is 10.1 Å². The average Bonchev–Trinajstić information content (AvgIpc) is 2.33. The van der Waals surface area contributed by atoms with Crippen LogP contribution in [0.4, 0.5) is 0 Å². The number of hydrogen-bond acceptors (Lipinski definition) is 2. The Morgan fingerprint density at radius 1 is 1.16 bits per heavy atom. The number of nitrogens with one attached hydrogen (secondary N) is 1. The van der Waals surface area contributed by atoms with Gasteiger partial charge in [0.1, 0.15) is 0 Å². The zero-order valence-corrected chi connectivity index (χ0v) is 13.1. The normalized spacial score (nSPS) is 12.9. The molecule has 0 spiro atoms. The summed E-state index contributed by atoms with van der Waals surface area (Å²) in [5.74, 6) is 0. The van der Waals surface area contributed by atoms with Crippen LogP contribution in [0, 0.1) is 13.8 Å². The van der Waals surface area contributed by atoms with E-state index in [1.807, 2.05) is 0 Å². The van der Waals surface area contributed by atoms with E-state index in [9.17, 15) is 0 Å². The number of aryl methyl sites for hydroxylation is 2. The fraction of sp³-hybridized carbons (Fsp3) is 0.647. The molecule has 1 aromatic rings. The van der Waals surface area contributed by atoms with Crippen LogP contribution in [0.15, 0.2) is 18.2 Å². The molecule has 108 valence electrons. The van der Waals surface area contributed by atoms with Crippen molar-refractivity contribution in [3.8, 4) is 0 Å². The van der Waals surface area contributed by atoms with Gasteiger partial charge in [0.15, 0.2) is 0 Å².